The summed E-state index contributed by atoms with van der Waals surface area (Å²) in [6.07, 6.45) is 0.896. The van der Waals surface area contributed by atoms with Crippen molar-refractivity contribution in [1.29, 1.82) is 0 Å². The van der Waals surface area contributed by atoms with Crippen molar-refractivity contribution in [1.82, 2.24) is 10.2 Å². The summed E-state index contributed by atoms with van der Waals surface area (Å²) in [6.45, 7) is 2.79. The van der Waals surface area contributed by atoms with E-state index < -0.39 is 0 Å². The number of carbonyl (C=O) groups excluding carboxylic acids is 1. The standard InChI is InChI=1S/C19H22N2O/c1-14-12-16-10-6-7-11-17(16)18(20-2)19(22)21(14)13-15-8-4-3-5-9-15/h3-11,14,18,20H,12-13H2,1-2H3. The number of rotatable bonds is 3. The van der Waals surface area contributed by atoms with Crippen molar-refractivity contribution in [3.63, 3.8) is 0 Å². The maximum atomic E-state index is 13.0. The Balaban J connectivity index is 1.94. The molecule has 0 spiro atoms. The molecule has 0 saturated heterocycles. The fourth-order valence-electron chi connectivity index (χ4n) is 3.24. The van der Waals surface area contributed by atoms with Crippen molar-refractivity contribution in [2.45, 2.75) is 32.0 Å². The van der Waals surface area contributed by atoms with Gasteiger partial charge in [-0.05, 0) is 37.1 Å². The third-order valence-electron chi connectivity index (χ3n) is 4.43. The quantitative estimate of drug-likeness (QED) is 0.944. The van der Waals surface area contributed by atoms with Crippen LogP contribution in [-0.4, -0.2) is 23.9 Å². The maximum Gasteiger partial charge on any atom is 0.244 e. The van der Waals surface area contributed by atoms with Crippen LogP contribution in [0.15, 0.2) is 54.6 Å². The van der Waals surface area contributed by atoms with E-state index in [1.807, 2.05) is 36.2 Å². The van der Waals surface area contributed by atoms with Gasteiger partial charge in [0.1, 0.15) is 6.04 Å². The molecule has 0 saturated carbocycles. The lowest BCUT2D eigenvalue weighted by atomic mass is 9.98. The van der Waals surface area contributed by atoms with Gasteiger partial charge in [-0.15, -0.1) is 0 Å². The van der Waals surface area contributed by atoms with Gasteiger partial charge in [0, 0.05) is 12.6 Å². The second-order valence-corrected chi connectivity index (χ2v) is 5.93. The van der Waals surface area contributed by atoms with Crippen molar-refractivity contribution in [2.24, 2.45) is 0 Å². The molecular weight excluding hydrogens is 272 g/mol. The molecule has 1 aliphatic rings. The van der Waals surface area contributed by atoms with E-state index >= 15 is 0 Å². The van der Waals surface area contributed by atoms with Crippen LogP contribution >= 0.6 is 0 Å². The van der Waals surface area contributed by atoms with Crippen LogP contribution in [0.25, 0.3) is 0 Å². The van der Waals surface area contributed by atoms with E-state index in [-0.39, 0.29) is 18.0 Å². The summed E-state index contributed by atoms with van der Waals surface area (Å²) in [6, 6.07) is 18.4. The lowest BCUT2D eigenvalue weighted by molar-refractivity contribution is -0.135. The third kappa shape index (κ3) is 2.77. The summed E-state index contributed by atoms with van der Waals surface area (Å²) in [5, 5.41) is 3.19. The topological polar surface area (TPSA) is 32.3 Å². The van der Waals surface area contributed by atoms with Crippen molar-refractivity contribution in [3.05, 3.63) is 71.3 Å². The van der Waals surface area contributed by atoms with Crippen LogP contribution in [0.2, 0.25) is 0 Å². The first-order valence-corrected chi connectivity index (χ1v) is 7.80. The number of nitrogens with one attached hydrogen (secondary N) is 1. The summed E-state index contributed by atoms with van der Waals surface area (Å²) < 4.78 is 0. The zero-order chi connectivity index (χ0) is 15.5. The van der Waals surface area contributed by atoms with Crippen molar-refractivity contribution >= 4 is 5.91 Å². The largest absolute Gasteiger partial charge is 0.334 e. The summed E-state index contributed by atoms with van der Waals surface area (Å²) in [5.74, 6) is 0.156. The summed E-state index contributed by atoms with van der Waals surface area (Å²) in [5.41, 5.74) is 3.54. The van der Waals surface area contributed by atoms with E-state index in [4.69, 9.17) is 0 Å². The Hall–Kier alpha value is -2.13. The molecule has 114 valence electrons. The summed E-state index contributed by atoms with van der Waals surface area (Å²) in [4.78, 5) is 15.0. The number of benzene rings is 2. The number of nitrogens with zero attached hydrogens (tertiary/aromatic N) is 1. The van der Waals surface area contributed by atoms with Crippen LogP contribution in [-0.2, 0) is 17.8 Å². The number of likely N-dealkylation sites (N-methyl/N-ethyl adjacent to an activating group) is 1. The van der Waals surface area contributed by atoms with Crippen LogP contribution in [0.4, 0.5) is 0 Å². The zero-order valence-corrected chi connectivity index (χ0v) is 13.1. The van der Waals surface area contributed by atoms with Gasteiger partial charge in [-0.25, -0.2) is 0 Å². The lowest BCUT2D eigenvalue weighted by Crippen LogP contribution is -2.42. The van der Waals surface area contributed by atoms with Crippen LogP contribution in [0, 0.1) is 0 Å². The van der Waals surface area contributed by atoms with Gasteiger partial charge in [-0.1, -0.05) is 54.6 Å². The minimum absolute atomic E-state index is 0.156. The molecule has 2 aromatic carbocycles. The van der Waals surface area contributed by atoms with E-state index in [0.29, 0.717) is 6.54 Å². The highest BCUT2D eigenvalue weighted by Gasteiger charge is 2.33. The van der Waals surface area contributed by atoms with Crippen molar-refractivity contribution in [3.8, 4) is 0 Å². The van der Waals surface area contributed by atoms with E-state index in [1.54, 1.807) is 0 Å². The third-order valence-corrected chi connectivity index (χ3v) is 4.43. The molecule has 1 aliphatic heterocycles. The highest BCUT2D eigenvalue weighted by Crippen LogP contribution is 2.28. The average Bonchev–Trinajstić information content (AvgIpc) is 2.64. The molecule has 2 atom stereocenters. The van der Waals surface area contributed by atoms with Crippen molar-refractivity contribution in [2.75, 3.05) is 7.05 Å². The monoisotopic (exact) mass is 294 g/mol. The first-order valence-electron chi connectivity index (χ1n) is 7.80. The predicted molar refractivity (Wildman–Crippen MR) is 88.4 cm³/mol. The second-order valence-electron chi connectivity index (χ2n) is 5.93. The van der Waals surface area contributed by atoms with E-state index in [9.17, 15) is 4.79 Å². The smallest absolute Gasteiger partial charge is 0.244 e. The molecule has 0 radical (unpaired) electrons. The number of hydrogen-bond donors (Lipinski definition) is 1. The fraction of sp³-hybridized carbons (Fsp3) is 0.316. The minimum Gasteiger partial charge on any atom is -0.334 e. The average molecular weight is 294 g/mol. The zero-order valence-electron chi connectivity index (χ0n) is 13.1. The van der Waals surface area contributed by atoms with Gasteiger partial charge >= 0.3 is 0 Å². The molecule has 22 heavy (non-hydrogen) atoms. The molecule has 1 amide bonds. The Bertz CT molecular complexity index is 653. The highest BCUT2D eigenvalue weighted by atomic mass is 16.2. The minimum atomic E-state index is -0.259. The first-order chi connectivity index (χ1) is 10.7. The van der Waals surface area contributed by atoms with Gasteiger partial charge in [-0.2, -0.15) is 0 Å². The summed E-state index contributed by atoms with van der Waals surface area (Å²) in [7, 11) is 1.86. The first kappa shape index (κ1) is 14.8. The van der Waals surface area contributed by atoms with Gasteiger partial charge in [0.25, 0.3) is 0 Å². The number of fused-ring (bicyclic) bond motifs is 1. The van der Waals surface area contributed by atoms with Crippen LogP contribution < -0.4 is 5.32 Å². The Morgan fingerprint density at radius 1 is 1.09 bits per heavy atom. The molecule has 0 bridgehead atoms. The maximum absolute atomic E-state index is 13.0. The molecular formula is C19H22N2O. The molecule has 2 unspecified atom stereocenters. The molecule has 3 rings (SSSR count). The Labute approximate surface area is 132 Å². The molecule has 3 heteroatoms. The van der Waals surface area contributed by atoms with Crippen molar-refractivity contribution < 1.29 is 4.79 Å². The second kappa shape index (κ2) is 6.32. The summed E-state index contributed by atoms with van der Waals surface area (Å²) >= 11 is 0. The molecule has 0 aromatic heterocycles. The Morgan fingerprint density at radius 3 is 2.50 bits per heavy atom. The van der Waals surface area contributed by atoms with Gasteiger partial charge < -0.3 is 10.2 Å². The predicted octanol–water partition coefficient (Wildman–Crippen LogP) is 2.92. The van der Waals surface area contributed by atoms with Gasteiger partial charge in [0.05, 0.1) is 0 Å². The molecule has 1 heterocycles. The SMILES string of the molecule is CNC1C(=O)N(Cc2ccccc2)C(C)Cc2ccccc21. The number of carbonyl (C=O) groups is 1. The molecule has 0 aliphatic carbocycles. The fourth-order valence-corrected chi connectivity index (χ4v) is 3.24. The number of hydrogen-bond acceptors (Lipinski definition) is 2. The van der Waals surface area contributed by atoms with E-state index in [0.717, 1.165) is 12.0 Å². The van der Waals surface area contributed by atoms with E-state index in [2.05, 4.69) is 42.6 Å². The highest BCUT2D eigenvalue weighted by molar-refractivity contribution is 5.84. The van der Waals surface area contributed by atoms with Gasteiger partial charge in [0.2, 0.25) is 5.91 Å². The van der Waals surface area contributed by atoms with Crippen LogP contribution in [0.3, 0.4) is 0 Å². The number of amides is 1. The molecule has 1 N–H and O–H groups in total. The van der Waals surface area contributed by atoms with Gasteiger partial charge in [0.15, 0.2) is 0 Å². The Morgan fingerprint density at radius 2 is 1.77 bits per heavy atom. The van der Waals surface area contributed by atoms with Crippen LogP contribution in [0.5, 0.6) is 0 Å². The normalized spacial score (nSPS) is 21.4. The molecule has 3 nitrogen and oxygen atoms in total. The van der Waals surface area contributed by atoms with Crippen LogP contribution in [0.1, 0.15) is 29.7 Å². The lowest BCUT2D eigenvalue weighted by Gasteiger charge is -2.29. The van der Waals surface area contributed by atoms with Gasteiger partial charge in [-0.3, -0.25) is 4.79 Å². The van der Waals surface area contributed by atoms with E-state index in [1.165, 1.54) is 11.1 Å². The molecule has 0 fully saturated rings. The Kier molecular flexibility index (Phi) is 4.25. The molecule has 2 aromatic rings.